The van der Waals surface area contributed by atoms with Crippen LogP contribution >= 0.6 is 0 Å². The SMILES string of the molecule is O=C1CCC(N2Cc3c(NS(=O)(=O)c4cc5ccccc5o4)cccc3C2=O)C(=O)N1. The van der Waals surface area contributed by atoms with Crippen LogP contribution in [0.15, 0.2) is 58.0 Å². The lowest BCUT2D eigenvalue weighted by atomic mass is 10.0. The Hall–Kier alpha value is -3.66. The highest BCUT2D eigenvalue weighted by atomic mass is 32.2. The molecule has 2 aromatic carbocycles. The van der Waals surface area contributed by atoms with E-state index in [0.717, 1.165) is 0 Å². The number of piperidine rings is 1. The van der Waals surface area contributed by atoms with Crippen molar-refractivity contribution in [3.63, 3.8) is 0 Å². The summed E-state index contributed by atoms with van der Waals surface area (Å²) in [5, 5.41) is 2.66. The number of hydrogen-bond acceptors (Lipinski definition) is 6. The van der Waals surface area contributed by atoms with Gasteiger partial charge >= 0.3 is 0 Å². The first kappa shape index (κ1) is 19.3. The summed E-state index contributed by atoms with van der Waals surface area (Å²) in [7, 11) is -4.05. The third-order valence-electron chi connectivity index (χ3n) is 5.49. The molecule has 0 aliphatic carbocycles. The molecule has 3 heterocycles. The first-order valence-corrected chi connectivity index (χ1v) is 11.1. The van der Waals surface area contributed by atoms with Crippen LogP contribution in [0, 0.1) is 0 Å². The van der Waals surface area contributed by atoms with E-state index >= 15 is 0 Å². The van der Waals surface area contributed by atoms with Crippen LogP contribution in [0.25, 0.3) is 11.0 Å². The second-order valence-electron chi connectivity index (χ2n) is 7.44. The Balaban J connectivity index is 1.45. The number of sulfonamides is 1. The summed E-state index contributed by atoms with van der Waals surface area (Å²) in [6.07, 6.45) is 0.368. The van der Waals surface area contributed by atoms with Crippen LogP contribution in [-0.2, 0) is 26.2 Å². The van der Waals surface area contributed by atoms with Crippen LogP contribution in [0.3, 0.4) is 0 Å². The molecule has 2 aliphatic heterocycles. The molecule has 1 fully saturated rings. The number of hydrogen-bond donors (Lipinski definition) is 2. The lowest BCUT2D eigenvalue weighted by Gasteiger charge is -2.29. The molecule has 0 saturated carbocycles. The summed E-state index contributed by atoms with van der Waals surface area (Å²) in [6.45, 7) is 0.0548. The van der Waals surface area contributed by atoms with Crippen molar-refractivity contribution in [2.24, 2.45) is 0 Å². The number of furan rings is 1. The zero-order valence-electron chi connectivity index (χ0n) is 16.1. The van der Waals surface area contributed by atoms with Crippen molar-refractivity contribution >= 4 is 44.4 Å². The molecule has 1 aromatic heterocycles. The molecule has 5 rings (SSSR count). The maximum atomic E-state index is 12.9. The van der Waals surface area contributed by atoms with E-state index in [2.05, 4.69) is 10.0 Å². The van der Waals surface area contributed by atoms with Gasteiger partial charge in [-0.1, -0.05) is 24.3 Å². The van der Waals surface area contributed by atoms with Gasteiger partial charge in [0.1, 0.15) is 11.6 Å². The summed E-state index contributed by atoms with van der Waals surface area (Å²) in [4.78, 5) is 37.9. The van der Waals surface area contributed by atoms with E-state index in [9.17, 15) is 22.8 Å². The van der Waals surface area contributed by atoms with Crippen LogP contribution in [-0.4, -0.2) is 37.1 Å². The van der Waals surface area contributed by atoms with Crippen LogP contribution < -0.4 is 10.0 Å². The van der Waals surface area contributed by atoms with Crippen molar-refractivity contribution in [2.45, 2.75) is 30.5 Å². The highest BCUT2D eigenvalue weighted by Gasteiger charge is 2.40. The Morgan fingerprint density at radius 1 is 1.06 bits per heavy atom. The minimum absolute atomic E-state index is 0.0548. The summed E-state index contributed by atoms with van der Waals surface area (Å²) in [5.41, 5.74) is 1.47. The minimum Gasteiger partial charge on any atom is -0.443 e. The van der Waals surface area contributed by atoms with Crippen molar-refractivity contribution in [1.29, 1.82) is 0 Å². The molecule has 0 spiro atoms. The quantitative estimate of drug-likeness (QED) is 0.599. The number of rotatable bonds is 4. The first-order chi connectivity index (χ1) is 14.8. The second kappa shape index (κ2) is 6.95. The van der Waals surface area contributed by atoms with E-state index in [1.54, 1.807) is 42.5 Å². The molecule has 158 valence electrons. The van der Waals surface area contributed by atoms with E-state index in [4.69, 9.17) is 4.42 Å². The molecule has 1 atom stereocenters. The fourth-order valence-corrected chi connectivity index (χ4v) is 5.03. The smallest absolute Gasteiger partial charge is 0.295 e. The van der Waals surface area contributed by atoms with Crippen LogP contribution in [0.2, 0.25) is 0 Å². The van der Waals surface area contributed by atoms with Gasteiger partial charge < -0.3 is 9.32 Å². The molecule has 31 heavy (non-hydrogen) atoms. The van der Waals surface area contributed by atoms with E-state index in [0.29, 0.717) is 22.1 Å². The van der Waals surface area contributed by atoms with E-state index in [1.807, 2.05) is 0 Å². The number of fused-ring (bicyclic) bond motifs is 2. The van der Waals surface area contributed by atoms with Gasteiger partial charge in [0.05, 0.1) is 5.69 Å². The number of benzene rings is 2. The van der Waals surface area contributed by atoms with E-state index in [1.165, 1.54) is 11.0 Å². The van der Waals surface area contributed by atoms with Gasteiger partial charge in [-0.05, 0) is 24.6 Å². The molecule has 2 aliphatic rings. The molecule has 1 saturated heterocycles. The second-order valence-corrected chi connectivity index (χ2v) is 9.05. The van der Waals surface area contributed by atoms with Crippen molar-refractivity contribution < 1.29 is 27.2 Å². The Morgan fingerprint density at radius 2 is 1.87 bits per heavy atom. The lowest BCUT2D eigenvalue weighted by Crippen LogP contribution is -2.52. The predicted molar refractivity (Wildman–Crippen MR) is 110 cm³/mol. The monoisotopic (exact) mass is 439 g/mol. The number of carbonyl (C=O) groups is 3. The Kier molecular flexibility index (Phi) is 4.33. The molecule has 2 N–H and O–H groups in total. The molecule has 3 aromatic rings. The van der Waals surface area contributed by atoms with Crippen molar-refractivity contribution in [2.75, 3.05) is 4.72 Å². The van der Waals surface area contributed by atoms with Crippen molar-refractivity contribution in [3.05, 3.63) is 59.7 Å². The highest BCUT2D eigenvalue weighted by molar-refractivity contribution is 7.92. The van der Waals surface area contributed by atoms with E-state index < -0.39 is 22.0 Å². The van der Waals surface area contributed by atoms with Crippen molar-refractivity contribution in [1.82, 2.24) is 10.2 Å². The van der Waals surface area contributed by atoms with Crippen molar-refractivity contribution in [3.8, 4) is 0 Å². The molecule has 10 heteroatoms. The van der Waals surface area contributed by atoms with Gasteiger partial charge in [-0.3, -0.25) is 24.4 Å². The topological polar surface area (TPSA) is 126 Å². The Labute approximate surface area is 177 Å². The van der Waals surface area contributed by atoms with Gasteiger partial charge in [-0.2, -0.15) is 8.42 Å². The molecule has 1 unspecified atom stereocenters. The number of anilines is 1. The maximum Gasteiger partial charge on any atom is 0.295 e. The van der Waals surface area contributed by atoms with Gasteiger partial charge in [0.25, 0.3) is 15.9 Å². The maximum absolute atomic E-state index is 12.9. The number of amides is 3. The minimum atomic E-state index is -4.05. The summed E-state index contributed by atoms with van der Waals surface area (Å²) >= 11 is 0. The predicted octanol–water partition coefficient (Wildman–Crippen LogP) is 1.99. The Morgan fingerprint density at radius 3 is 2.65 bits per heavy atom. The van der Waals surface area contributed by atoms with Crippen LogP contribution in [0.5, 0.6) is 0 Å². The first-order valence-electron chi connectivity index (χ1n) is 9.61. The van der Waals surface area contributed by atoms with Gasteiger partial charge in [0.15, 0.2) is 0 Å². The average Bonchev–Trinajstić information content (AvgIpc) is 3.31. The number of carbonyl (C=O) groups excluding carboxylic acids is 3. The summed E-state index contributed by atoms with van der Waals surface area (Å²) < 4.78 is 33.8. The number of para-hydroxylation sites is 1. The van der Waals surface area contributed by atoms with Crippen LogP contribution in [0.1, 0.15) is 28.8 Å². The molecular formula is C21H17N3O6S. The Bertz CT molecular complexity index is 1330. The normalized spacial score (nSPS) is 18.9. The highest BCUT2D eigenvalue weighted by Crippen LogP contribution is 2.34. The fourth-order valence-electron chi connectivity index (χ4n) is 3.97. The zero-order valence-corrected chi connectivity index (χ0v) is 16.9. The average molecular weight is 439 g/mol. The van der Waals surface area contributed by atoms with Crippen LogP contribution in [0.4, 0.5) is 5.69 Å². The summed E-state index contributed by atoms with van der Waals surface area (Å²) in [5.74, 6) is -1.28. The molecule has 3 amide bonds. The number of imide groups is 1. The lowest BCUT2D eigenvalue weighted by molar-refractivity contribution is -0.136. The third kappa shape index (κ3) is 3.25. The zero-order chi connectivity index (χ0) is 21.8. The number of nitrogens with zero attached hydrogens (tertiary/aromatic N) is 1. The van der Waals surface area contributed by atoms with Gasteiger partial charge in [0.2, 0.25) is 16.9 Å². The van der Waals surface area contributed by atoms with Gasteiger partial charge in [-0.25, -0.2) is 0 Å². The molecule has 0 bridgehead atoms. The molecular weight excluding hydrogens is 422 g/mol. The summed E-state index contributed by atoms with van der Waals surface area (Å²) in [6, 6.07) is 12.3. The van der Waals surface area contributed by atoms with Gasteiger partial charge in [0, 0.05) is 35.5 Å². The molecule has 9 nitrogen and oxygen atoms in total. The third-order valence-corrected chi connectivity index (χ3v) is 6.71. The van der Waals surface area contributed by atoms with E-state index in [-0.39, 0.29) is 42.0 Å². The van der Waals surface area contributed by atoms with Gasteiger partial charge in [-0.15, -0.1) is 0 Å². The number of nitrogens with one attached hydrogen (secondary N) is 2. The fraction of sp³-hybridized carbons (Fsp3) is 0.190. The molecule has 0 radical (unpaired) electrons. The largest absolute Gasteiger partial charge is 0.443 e. The standard InChI is InChI=1S/C21H17N3O6S/c25-18-9-8-16(20(26)22-18)24-11-14-13(21(24)27)5-3-6-15(14)23-31(28,29)19-10-12-4-1-2-7-17(12)30-19/h1-7,10,16,23H,8-9,11H2,(H,22,25,26).